The van der Waals surface area contributed by atoms with Crippen LogP contribution in [-0.4, -0.2) is 25.5 Å². The Morgan fingerprint density at radius 3 is 3.00 bits per heavy atom. The molecule has 3 nitrogen and oxygen atoms in total. The molecule has 106 valence electrons. The molecule has 1 aliphatic heterocycles. The Kier molecular flexibility index (Phi) is 6.25. The van der Waals surface area contributed by atoms with Crippen molar-refractivity contribution in [2.75, 3.05) is 19.6 Å². The van der Waals surface area contributed by atoms with E-state index in [9.17, 15) is 9.18 Å². The molecule has 1 heterocycles. The Balaban J connectivity index is 0.00000180. The number of halogens is 2. The first-order valence-corrected chi connectivity index (χ1v) is 6.42. The molecule has 1 saturated heterocycles. The van der Waals surface area contributed by atoms with Crippen LogP contribution in [0.4, 0.5) is 4.39 Å². The first kappa shape index (κ1) is 15.9. The maximum absolute atomic E-state index is 13.5. The van der Waals surface area contributed by atoms with Crippen molar-refractivity contribution < 1.29 is 9.18 Å². The minimum absolute atomic E-state index is 0. The van der Waals surface area contributed by atoms with Crippen LogP contribution in [0.15, 0.2) is 18.2 Å². The van der Waals surface area contributed by atoms with Crippen molar-refractivity contribution in [2.24, 2.45) is 5.92 Å². The fourth-order valence-corrected chi connectivity index (χ4v) is 2.26. The Morgan fingerprint density at radius 2 is 2.32 bits per heavy atom. The number of rotatable bonds is 4. The summed E-state index contributed by atoms with van der Waals surface area (Å²) in [6.07, 6.45) is 2.11. The molecule has 1 aliphatic rings. The molecule has 1 atom stereocenters. The topological polar surface area (TPSA) is 41.1 Å². The molecule has 0 spiro atoms. The summed E-state index contributed by atoms with van der Waals surface area (Å²) in [6.45, 7) is 4.54. The van der Waals surface area contributed by atoms with Crippen molar-refractivity contribution in [1.82, 2.24) is 10.6 Å². The van der Waals surface area contributed by atoms with Crippen molar-refractivity contribution >= 4 is 18.3 Å². The first-order valence-electron chi connectivity index (χ1n) is 6.42. The summed E-state index contributed by atoms with van der Waals surface area (Å²) >= 11 is 0. The maximum Gasteiger partial charge on any atom is 0.254 e. The van der Waals surface area contributed by atoms with Gasteiger partial charge in [-0.05, 0) is 50.9 Å². The minimum atomic E-state index is -0.458. The van der Waals surface area contributed by atoms with E-state index in [-0.39, 0.29) is 23.9 Å². The largest absolute Gasteiger partial charge is 0.352 e. The summed E-state index contributed by atoms with van der Waals surface area (Å²) in [7, 11) is 0. The van der Waals surface area contributed by atoms with Gasteiger partial charge in [0.25, 0.3) is 5.91 Å². The van der Waals surface area contributed by atoms with E-state index in [0.29, 0.717) is 12.5 Å². The van der Waals surface area contributed by atoms with Gasteiger partial charge < -0.3 is 10.6 Å². The lowest BCUT2D eigenvalue weighted by Gasteiger charge is -2.10. The van der Waals surface area contributed by atoms with E-state index < -0.39 is 5.82 Å². The van der Waals surface area contributed by atoms with Crippen LogP contribution in [0, 0.1) is 18.7 Å². The van der Waals surface area contributed by atoms with Gasteiger partial charge in [0.15, 0.2) is 0 Å². The van der Waals surface area contributed by atoms with Gasteiger partial charge in [-0.3, -0.25) is 4.79 Å². The van der Waals surface area contributed by atoms with Gasteiger partial charge in [0.1, 0.15) is 5.82 Å². The molecule has 1 unspecified atom stereocenters. The van der Waals surface area contributed by atoms with Crippen LogP contribution >= 0.6 is 12.4 Å². The lowest BCUT2D eigenvalue weighted by Crippen LogP contribution is -2.27. The molecule has 5 heteroatoms. The van der Waals surface area contributed by atoms with Crippen LogP contribution in [0.1, 0.15) is 28.8 Å². The smallest absolute Gasteiger partial charge is 0.254 e. The lowest BCUT2D eigenvalue weighted by molar-refractivity contribution is 0.0947. The van der Waals surface area contributed by atoms with E-state index >= 15 is 0 Å². The zero-order valence-corrected chi connectivity index (χ0v) is 11.9. The molecule has 2 N–H and O–H groups in total. The number of nitrogens with one attached hydrogen (secondary N) is 2. The molecule has 19 heavy (non-hydrogen) atoms. The van der Waals surface area contributed by atoms with Crippen LogP contribution < -0.4 is 10.6 Å². The van der Waals surface area contributed by atoms with Gasteiger partial charge in [-0.2, -0.15) is 0 Å². The number of benzene rings is 1. The van der Waals surface area contributed by atoms with Crippen LogP contribution in [-0.2, 0) is 0 Å². The third-order valence-corrected chi connectivity index (χ3v) is 3.37. The van der Waals surface area contributed by atoms with Gasteiger partial charge in [0.2, 0.25) is 0 Å². The van der Waals surface area contributed by atoms with Crippen molar-refractivity contribution in [1.29, 1.82) is 0 Å². The van der Waals surface area contributed by atoms with Crippen molar-refractivity contribution in [3.05, 3.63) is 35.1 Å². The molecule has 0 radical (unpaired) electrons. The molecule has 1 aromatic rings. The third-order valence-electron chi connectivity index (χ3n) is 3.37. The normalized spacial score (nSPS) is 17.9. The van der Waals surface area contributed by atoms with Crippen molar-refractivity contribution in [3.63, 3.8) is 0 Å². The van der Waals surface area contributed by atoms with Gasteiger partial charge >= 0.3 is 0 Å². The fraction of sp³-hybridized carbons (Fsp3) is 0.500. The summed E-state index contributed by atoms with van der Waals surface area (Å²) in [5.74, 6) is -0.143. The molecule has 1 amide bonds. The van der Waals surface area contributed by atoms with E-state index in [0.717, 1.165) is 31.5 Å². The van der Waals surface area contributed by atoms with Gasteiger partial charge in [0, 0.05) is 6.54 Å². The Bertz CT molecular complexity index is 433. The van der Waals surface area contributed by atoms with Gasteiger partial charge in [0.05, 0.1) is 5.56 Å². The Labute approximate surface area is 119 Å². The molecule has 1 aromatic carbocycles. The summed E-state index contributed by atoms with van der Waals surface area (Å²) in [5.41, 5.74) is 1.03. The summed E-state index contributed by atoms with van der Waals surface area (Å²) in [4.78, 5) is 11.8. The highest BCUT2D eigenvalue weighted by Gasteiger charge is 2.15. The zero-order valence-electron chi connectivity index (χ0n) is 11.0. The van der Waals surface area contributed by atoms with E-state index in [2.05, 4.69) is 10.6 Å². The van der Waals surface area contributed by atoms with E-state index in [1.54, 1.807) is 12.1 Å². The summed E-state index contributed by atoms with van der Waals surface area (Å²) in [5, 5.41) is 6.07. The summed E-state index contributed by atoms with van der Waals surface area (Å²) in [6, 6.07) is 4.59. The molecular formula is C14H20ClFN2O. The standard InChI is InChI=1S/C14H19FN2O.ClH/c1-10-2-3-13(15)12(8-10)14(18)17-7-5-11-4-6-16-9-11;/h2-3,8,11,16H,4-7,9H2,1H3,(H,17,18);1H. The van der Waals surface area contributed by atoms with E-state index in [4.69, 9.17) is 0 Å². The maximum atomic E-state index is 13.5. The fourth-order valence-electron chi connectivity index (χ4n) is 2.26. The minimum Gasteiger partial charge on any atom is -0.352 e. The number of hydrogen-bond acceptors (Lipinski definition) is 2. The SMILES string of the molecule is Cc1ccc(F)c(C(=O)NCCC2CCNC2)c1.Cl. The van der Waals surface area contributed by atoms with Gasteiger partial charge in [-0.15, -0.1) is 12.4 Å². The van der Waals surface area contributed by atoms with Crippen molar-refractivity contribution in [2.45, 2.75) is 19.8 Å². The second kappa shape index (κ2) is 7.46. The van der Waals surface area contributed by atoms with Crippen LogP contribution in [0.25, 0.3) is 0 Å². The molecule has 2 rings (SSSR count). The second-order valence-corrected chi connectivity index (χ2v) is 4.89. The Hall–Kier alpha value is -1.13. The zero-order chi connectivity index (χ0) is 13.0. The average molecular weight is 287 g/mol. The highest BCUT2D eigenvalue weighted by atomic mass is 35.5. The van der Waals surface area contributed by atoms with Crippen molar-refractivity contribution in [3.8, 4) is 0 Å². The molecule has 0 aliphatic carbocycles. The Morgan fingerprint density at radius 1 is 1.53 bits per heavy atom. The lowest BCUT2D eigenvalue weighted by atomic mass is 10.1. The van der Waals surface area contributed by atoms with Crippen LogP contribution in [0.5, 0.6) is 0 Å². The highest BCUT2D eigenvalue weighted by Crippen LogP contribution is 2.12. The number of carbonyl (C=O) groups is 1. The molecule has 0 bridgehead atoms. The van der Waals surface area contributed by atoms with Crippen LogP contribution in [0.3, 0.4) is 0 Å². The van der Waals surface area contributed by atoms with Gasteiger partial charge in [-0.1, -0.05) is 11.6 Å². The molecular weight excluding hydrogens is 267 g/mol. The molecule has 0 aromatic heterocycles. The quantitative estimate of drug-likeness (QED) is 0.892. The number of amides is 1. The average Bonchev–Trinajstić information content (AvgIpc) is 2.85. The number of aryl methyl sites for hydroxylation is 1. The monoisotopic (exact) mass is 286 g/mol. The third kappa shape index (κ3) is 4.48. The molecule has 0 saturated carbocycles. The van der Waals surface area contributed by atoms with E-state index in [1.807, 2.05) is 6.92 Å². The van der Waals surface area contributed by atoms with E-state index in [1.165, 1.54) is 6.07 Å². The first-order chi connectivity index (χ1) is 8.66. The summed E-state index contributed by atoms with van der Waals surface area (Å²) < 4.78 is 13.5. The number of hydrogen-bond donors (Lipinski definition) is 2. The number of carbonyl (C=O) groups excluding carboxylic acids is 1. The highest BCUT2D eigenvalue weighted by molar-refractivity contribution is 5.94. The van der Waals surface area contributed by atoms with Gasteiger partial charge in [-0.25, -0.2) is 4.39 Å². The second-order valence-electron chi connectivity index (χ2n) is 4.89. The predicted molar refractivity (Wildman–Crippen MR) is 76.3 cm³/mol. The predicted octanol–water partition coefficient (Wildman–Crippen LogP) is 2.29. The van der Waals surface area contributed by atoms with Crippen LogP contribution in [0.2, 0.25) is 0 Å². The molecule has 1 fully saturated rings.